The molecule has 2 aromatic rings. The maximum Gasteiger partial charge on any atom is 0.408 e. The molecule has 0 saturated carbocycles. The van der Waals surface area contributed by atoms with Crippen LogP contribution < -0.4 is 5.32 Å². The Morgan fingerprint density at radius 3 is 2.26 bits per heavy atom. The van der Waals surface area contributed by atoms with Crippen LogP contribution in [0, 0.1) is 0 Å². The highest BCUT2D eigenvalue weighted by molar-refractivity contribution is 7.10. The van der Waals surface area contributed by atoms with Crippen molar-refractivity contribution < 1.29 is 29.0 Å². The van der Waals surface area contributed by atoms with Crippen LogP contribution in [0.2, 0.25) is 0 Å². The predicted octanol–water partition coefficient (Wildman–Crippen LogP) is 3.68. The molecule has 9 nitrogen and oxygen atoms in total. The van der Waals surface area contributed by atoms with Crippen LogP contribution in [0.4, 0.5) is 4.79 Å². The number of pyridine rings is 1. The van der Waals surface area contributed by atoms with Crippen LogP contribution in [0.25, 0.3) is 11.4 Å². The Hall–Kier alpha value is -3.01. The van der Waals surface area contributed by atoms with Gasteiger partial charge in [-0.05, 0) is 53.7 Å². The number of esters is 1. The number of aromatic carboxylic acids is 1. The van der Waals surface area contributed by atoms with Gasteiger partial charge in [0.2, 0.25) is 0 Å². The normalized spacial score (nSPS) is 12.7. The molecule has 2 N–H and O–H groups in total. The summed E-state index contributed by atoms with van der Waals surface area (Å²) in [5, 5.41) is 13.9. The number of ether oxygens (including phenoxy) is 2. The molecule has 0 radical (unpaired) electrons. The van der Waals surface area contributed by atoms with Crippen molar-refractivity contribution in [1.29, 1.82) is 0 Å². The molecule has 0 aromatic carbocycles. The third-order valence-corrected chi connectivity index (χ3v) is 4.41. The van der Waals surface area contributed by atoms with Crippen molar-refractivity contribution in [2.45, 2.75) is 65.2 Å². The van der Waals surface area contributed by atoms with Crippen LogP contribution in [0.5, 0.6) is 0 Å². The lowest BCUT2D eigenvalue weighted by Crippen LogP contribution is -2.47. The first kappa shape index (κ1) is 24.3. The molecule has 0 bridgehead atoms. The molecular weight excluding hydrogens is 422 g/mol. The molecule has 2 heterocycles. The number of aromatic nitrogens is 2. The first-order valence-corrected chi connectivity index (χ1v) is 10.5. The molecule has 2 rings (SSSR count). The van der Waals surface area contributed by atoms with Gasteiger partial charge in [0.15, 0.2) is 0 Å². The van der Waals surface area contributed by atoms with Gasteiger partial charge in [-0.25, -0.2) is 24.4 Å². The van der Waals surface area contributed by atoms with E-state index in [1.165, 1.54) is 17.4 Å². The third kappa shape index (κ3) is 7.97. The maximum absolute atomic E-state index is 12.7. The predicted molar refractivity (Wildman–Crippen MR) is 115 cm³/mol. The van der Waals surface area contributed by atoms with E-state index in [1.807, 2.05) is 0 Å². The Labute approximate surface area is 184 Å². The van der Waals surface area contributed by atoms with Gasteiger partial charge in [-0.15, -0.1) is 11.3 Å². The highest BCUT2D eigenvalue weighted by atomic mass is 32.1. The van der Waals surface area contributed by atoms with Gasteiger partial charge in [0.25, 0.3) is 0 Å². The Morgan fingerprint density at radius 1 is 1.03 bits per heavy atom. The lowest BCUT2D eigenvalue weighted by Gasteiger charge is -2.26. The molecular formula is C21H27N3O6S. The zero-order valence-corrected chi connectivity index (χ0v) is 19.2. The monoisotopic (exact) mass is 449 g/mol. The van der Waals surface area contributed by atoms with E-state index in [4.69, 9.17) is 14.6 Å². The fraction of sp³-hybridized carbons (Fsp3) is 0.476. The van der Waals surface area contributed by atoms with Gasteiger partial charge in [0.05, 0.1) is 16.4 Å². The number of carbonyl (C=O) groups is 3. The third-order valence-electron chi connectivity index (χ3n) is 3.54. The van der Waals surface area contributed by atoms with Crippen molar-refractivity contribution in [2.75, 3.05) is 0 Å². The molecule has 0 aliphatic heterocycles. The van der Waals surface area contributed by atoms with E-state index in [0.717, 1.165) is 0 Å². The van der Waals surface area contributed by atoms with Gasteiger partial charge in [-0.3, -0.25) is 0 Å². The molecule has 1 atom stereocenters. The number of carboxylic acid groups (broad SMARTS) is 1. The van der Waals surface area contributed by atoms with E-state index in [9.17, 15) is 14.4 Å². The van der Waals surface area contributed by atoms with E-state index in [0.29, 0.717) is 16.4 Å². The molecule has 0 fully saturated rings. The highest BCUT2D eigenvalue weighted by Gasteiger charge is 2.30. The average Bonchev–Trinajstić information content (AvgIpc) is 3.07. The van der Waals surface area contributed by atoms with Crippen LogP contribution in [0.3, 0.4) is 0 Å². The van der Waals surface area contributed by atoms with E-state index >= 15 is 0 Å². The summed E-state index contributed by atoms with van der Waals surface area (Å²) >= 11 is 1.26. The van der Waals surface area contributed by atoms with Crippen LogP contribution in [0.1, 0.15) is 57.0 Å². The van der Waals surface area contributed by atoms with E-state index in [-0.39, 0.29) is 12.1 Å². The zero-order chi connectivity index (χ0) is 23.4. The molecule has 10 heteroatoms. The minimum absolute atomic E-state index is 0.0808. The van der Waals surface area contributed by atoms with Gasteiger partial charge in [-0.2, -0.15) is 0 Å². The number of carboxylic acids is 1. The lowest BCUT2D eigenvalue weighted by atomic mass is 10.1. The second-order valence-corrected chi connectivity index (χ2v) is 9.72. The molecule has 31 heavy (non-hydrogen) atoms. The Bertz CT molecular complexity index is 959. The summed E-state index contributed by atoms with van der Waals surface area (Å²) in [6.45, 7) is 10.4. The summed E-state index contributed by atoms with van der Waals surface area (Å²) in [5.41, 5.74) is -0.678. The molecule has 168 valence electrons. The SMILES string of the molecule is CC(C)(C)OC(=O)NC(Cc1nc(-c2cccc(C(=O)O)n2)cs1)C(=O)OC(C)(C)C. The molecule has 2 aromatic heterocycles. The van der Waals surface area contributed by atoms with Gasteiger partial charge in [-0.1, -0.05) is 6.07 Å². The number of amides is 1. The minimum Gasteiger partial charge on any atom is -0.477 e. The summed E-state index contributed by atoms with van der Waals surface area (Å²) in [6.07, 6.45) is -0.659. The number of nitrogens with zero attached hydrogens (tertiary/aromatic N) is 2. The molecule has 1 amide bonds. The Morgan fingerprint density at radius 2 is 1.68 bits per heavy atom. The van der Waals surface area contributed by atoms with Crippen LogP contribution in [0.15, 0.2) is 23.6 Å². The number of hydrogen-bond donors (Lipinski definition) is 2. The van der Waals surface area contributed by atoms with Crippen LogP contribution in [-0.4, -0.2) is 50.4 Å². The number of carbonyl (C=O) groups excluding carboxylic acids is 2. The fourth-order valence-electron chi connectivity index (χ4n) is 2.41. The maximum atomic E-state index is 12.7. The van der Waals surface area contributed by atoms with Crippen molar-refractivity contribution in [1.82, 2.24) is 15.3 Å². The van der Waals surface area contributed by atoms with Crippen molar-refractivity contribution in [3.8, 4) is 11.4 Å². The van der Waals surface area contributed by atoms with E-state index in [1.54, 1.807) is 59.1 Å². The second kappa shape index (κ2) is 9.42. The second-order valence-electron chi connectivity index (χ2n) is 8.78. The average molecular weight is 450 g/mol. The summed E-state index contributed by atoms with van der Waals surface area (Å²) < 4.78 is 10.7. The quantitative estimate of drug-likeness (QED) is 0.639. The van der Waals surface area contributed by atoms with Gasteiger partial charge in [0.1, 0.15) is 22.9 Å². The van der Waals surface area contributed by atoms with Gasteiger partial charge < -0.3 is 19.9 Å². The highest BCUT2D eigenvalue weighted by Crippen LogP contribution is 2.22. The fourth-order valence-corrected chi connectivity index (χ4v) is 3.24. The van der Waals surface area contributed by atoms with E-state index in [2.05, 4.69) is 15.3 Å². The Kier molecular flexibility index (Phi) is 7.37. The molecule has 0 saturated heterocycles. The summed E-state index contributed by atoms with van der Waals surface area (Å²) in [6, 6.07) is 3.61. The van der Waals surface area contributed by atoms with Gasteiger partial charge >= 0.3 is 18.0 Å². The lowest BCUT2D eigenvalue weighted by molar-refractivity contribution is -0.157. The number of thiazole rings is 1. The molecule has 0 aliphatic carbocycles. The summed E-state index contributed by atoms with van der Waals surface area (Å²) in [4.78, 5) is 44.6. The first-order chi connectivity index (χ1) is 14.2. The van der Waals surface area contributed by atoms with Crippen molar-refractivity contribution in [3.63, 3.8) is 0 Å². The smallest absolute Gasteiger partial charge is 0.408 e. The summed E-state index contributed by atoms with van der Waals surface area (Å²) in [5.74, 6) is -1.75. The van der Waals surface area contributed by atoms with Crippen LogP contribution >= 0.6 is 11.3 Å². The van der Waals surface area contributed by atoms with Crippen molar-refractivity contribution in [2.24, 2.45) is 0 Å². The van der Waals surface area contributed by atoms with Crippen molar-refractivity contribution >= 4 is 29.4 Å². The zero-order valence-electron chi connectivity index (χ0n) is 18.4. The number of rotatable bonds is 6. The topological polar surface area (TPSA) is 128 Å². The summed E-state index contributed by atoms with van der Waals surface area (Å²) in [7, 11) is 0. The van der Waals surface area contributed by atoms with E-state index < -0.39 is 35.3 Å². The van der Waals surface area contributed by atoms with Gasteiger partial charge in [0, 0.05) is 11.8 Å². The molecule has 1 unspecified atom stereocenters. The van der Waals surface area contributed by atoms with Crippen molar-refractivity contribution in [3.05, 3.63) is 34.3 Å². The first-order valence-electron chi connectivity index (χ1n) is 9.61. The molecule has 0 spiro atoms. The largest absolute Gasteiger partial charge is 0.477 e. The number of hydrogen-bond acceptors (Lipinski definition) is 8. The number of alkyl carbamates (subject to hydrolysis) is 1. The Balaban J connectivity index is 2.22. The number of nitrogens with one attached hydrogen (secondary N) is 1. The standard InChI is InChI=1S/C21H27N3O6S/c1-20(2,3)29-18(27)14(24-19(28)30-21(4,5)6)10-16-23-15(11-31-16)12-8-7-9-13(22-12)17(25)26/h7-9,11,14H,10H2,1-6H3,(H,24,28)(H,25,26). The van der Waals surface area contributed by atoms with Crippen LogP contribution in [-0.2, 0) is 20.7 Å². The minimum atomic E-state index is -1.14. The molecule has 0 aliphatic rings.